The largest absolute Gasteiger partial charge is 0.469 e. The Bertz CT molecular complexity index is 845. The van der Waals surface area contributed by atoms with Crippen LogP contribution in [0.15, 0.2) is 60.0 Å². The number of rotatable bonds is 5. The van der Waals surface area contributed by atoms with Gasteiger partial charge in [0.15, 0.2) is 6.29 Å². The number of ether oxygens (including phenoxy) is 1. The molecule has 0 N–H and O–H groups in total. The SMILES string of the molecule is COC(=O)Cc1ccc(-c2ccc(-c3csc(C=O)c3)cc2)cc1. The molecule has 3 nitrogen and oxygen atoms in total. The Kier molecular flexibility index (Phi) is 4.87. The van der Waals surface area contributed by atoms with Crippen LogP contribution in [0.25, 0.3) is 22.3 Å². The standard InChI is InChI=1S/C20H16O3S/c1-23-20(22)10-14-2-4-15(5-3-14)16-6-8-17(9-7-16)18-11-19(12-21)24-13-18/h2-9,11-13H,10H2,1H3. The molecule has 3 aromatic rings. The molecule has 0 amide bonds. The topological polar surface area (TPSA) is 43.4 Å². The lowest BCUT2D eigenvalue weighted by Crippen LogP contribution is -2.04. The highest BCUT2D eigenvalue weighted by atomic mass is 32.1. The van der Waals surface area contributed by atoms with Crippen LogP contribution in [-0.4, -0.2) is 19.4 Å². The van der Waals surface area contributed by atoms with Crippen LogP contribution in [0.3, 0.4) is 0 Å². The molecule has 0 spiro atoms. The van der Waals surface area contributed by atoms with Crippen LogP contribution in [0.1, 0.15) is 15.2 Å². The van der Waals surface area contributed by atoms with Crippen molar-refractivity contribution in [3.8, 4) is 22.3 Å². The van der Waals surface area contributed by atoms with Crippen molar-refractivity contribution in [1.82, 2.24) is 0 Å². The molecule has 1 heterocycles. The molecule has 120 valence electrons. The lowest BCUT2D eigenvalue weighted by atomic mass is 10.00. The maximum atomic E-state index is 11.3. The summed E-state index contributed by atoms with van der Waals surface area (Å²) in [5, 5.41) is 1.99. The smallest absolute Gasteiger partial charge is 0.309 e. The molecule has 0 saturated heterocycles. The van der Waals surface area contributed by atoms with E-state index >= 15 is 0 Å². The first kappa shape index (κ1) is 16.1. The van der Waals surface area contributed by atoms with Crippen molar-refractivity contribution in [2.75, 3.05) is 7.11 Å². The molecule has 3 rings (SSSR count). The molecular formula is C20H16O3S. The summed E-state index contributed by atoms with van der Waals surface area (Å²) in [6.45, 7) is 0. The number of benzene rings is 2. The molecule has 0 saturated carbocycles. The summed E-state index contributed by atoms with van der Waals surface area (Å²) in [5.74, 6) is -0.238. The Morgan fingerprint density at radius 2 is 1.50 bits per heavy atom. The van der Waals surface area contributed by atoms with Crippen molar-refractivity contribution < 1.29 is 14.3 Å². The van der Waals surface area contributed by atoms with Crippen LogP contribution in [0.4, 0.5) is 0 Å². The third-order valence-electron chi connectivity index (χ3n) is 3.82. The van der Waals surface area contributed by atoms with Gasteiger partial charge in [0.25, 0.3) is 0 Å². The lowest BCUT2D eigenvalue weighted by molar-refractivity contribution is -0.139. The van der Waals surface area contributed by atoms with E-state index in [1.807, 2.05) is 47.8 Å². The minimum atomic E-state index is -0.238. The van der Waals surface area contributed by atoms with Crippen LogP contribution < -0.4 is 0 Å². The van der Waals surface area contributed by atoms with Gasteiger partial charge in [0.1, 0.15) is 0 Å². The highest BCUT2D eigenvalue weighted by molar-refractivity contribution is 7.12. The average Bonchev–Trinajstić information content (AvgIpc) is 3.11. The van der Waals surface area contributed by atoms with Crippen molar-refractivity contribution >= 4 is 23.6 Å². The quantitative estimate of drug-likeness (QED) is 0.505. The summed E-state index contributed by atoms with van der Waals surface area (Å²) in [6.07, 6.45) is 1.16. The van der Waals surface area contributed by atoms with Gasteiger partial charge in [0.2, 0.25) is 0 Å². The minimum Gasteiger partial charge on any atom is -0.469 e. The fourth-order valence-corrected chi connectivity index (χ4v) is 3.19. The van der Waals surface area contributed by atoms with E-state index < -0.39 is 0 Å². The Morgan fingerprint density at radius 1 is 0.958 bits per heavy atom. The predicted octanol–water partition coefficient (Wildman–Crippen LogP) is 4.61. The maximum Gasteiger partial charge on any atom is 0.309 e. The molecule has 0 atom stereocenters. The first-order valence-electron chi connectivity index (χ1n) is 7.50. The normalized spacial score (nSPS) is 10.4. The summed E-state index contributed by atoms with van der Waals surface area (Å²) in [5.41, 5.74) is 5.28. The van der Waals surface area contributed by atoms with Gasteiger partial charge in [-0.15, -0.1) is 11.3 Å². The molecule has 0 aliphatic rings. The molecule has 1 aromatic heterocycles. The van der Waals surface area contributed by atoms with E-state index in [4.69, 9.17) is 0 Å². The molecule has 0 aliphatic heterocycles. The van der Waals surface area contributed by atoms with E-state index in [2.05, 4.69) is 16.9 Å². The minimum absolute atomic E-state index is 0.238. The Balaban J connectivity index is 1.77. The zero-order valence-electron chi connectivity index (χ0n) is 13.2. The van der Waals surface area contributed by atoms with Crippen LogP contribution in [-0.2, 0) is 16.0 Å². The molecule has 2 aromatic carbocycles. The van der Waals surface area contributed by atoms with E-state index in [0.29, 0.717) is 0 Å². The zero-order chi connectivity index (χ0) is 16.9. The molecule has 0 bridgehead atoms. The van der Waals surface area contributed by atoms with Crippen LogP contribution in [0.2, 0.25) is 0 Å². The van der Waals surface area contributed by atoms with E-state index in [9.17, 15) is 9.59 Å². The molecule has 0 fully saturated rings. The highest BCUT2D eigenvalue weighted by Crippen LogP contribution is 2.28. The summed E-state index contributed by atoms with van der Waals surface area (Å²) in [4.78, 5) is 22.8. The number of aldehydes is 1. The second-order valence-electron chi connectivity index (χ2n) is 5.38. The zero-order valence-corrected chi connectivity index (χ0v) is 14.0. The van der Waals surface area contributed by atoms with Gasteiger partial charge in [-0.05, 0) is 39.3 Å². The third-order valence-corrected chi connectivity index (χ3v) is 4.68. The number of carbonyl (C=O) groups excluding carboxylic acids is 2. The van der Waals surface area contributed by atoms with Gasteiger partial charge in [-0.2, -0.15) is 0 Å². The molecule has 0 unspecified atom stereocenters. The number of hydrogen-bond acceptors (Lipinski definition) is 4. The highest BCUT2D eigenvalue weighted by Gasteiger charge is 2.05. The fourth-order valence-electron chi connectivity index (χ4n) is 2.48. The summed E-state index contributed by atoms with van der Waals surface area (Å²) in [7, 11) is 1.39. The lowest BCUT2D eigenvalue weighted by Gasteiger charge is -2.05. The van der Waals surface area contributed by atoms with Crippen molar-refractivity contribution in [1.29, 1.82) is 0 Å². The number of thiophene rings is 1. The Labute approximate surface area is 144 Å². The van der Waals surface area contributed by atoms with Gasteiger partial charge < -0.3 is 4.74 Å². The monoisotopic (exact) mass is 336 g/mol. The van der Waals surface area contributed by atoms with Crippen molar-refractivity contribution in [2.45, 2.75) is 6.42 Å². The molecule has 24 heavy (non-hydrogen) atoms. The van der Waals surface area contributed by atoms with Crippen LogP contribution >= 0.6 is 11.3 Å². The molecule has 4 heteroatoms. The van der Waals surface area contributed by atoms with E-state index in [0.717, 1.165) is 39.0 Å². The molecule has 0 radical (unpaired) electrons. The third kappa shape index (κ3) is 3.60. The van der Waals surface area contributed by atoms with E-state index in [-0.39, 0.29) is 12.4 Å². The first-order valence-corrected chi connectivity index (χ1v) is 8.38. The second kappa shape index (κ2) is 7.23. The summed E-state index contributed by atoms with van der Waals surface area (Å²) in [6, 6.07) is 18.0. The number of carbonyl (C=O) groups is 2. The van der Waals surface area contributed by atoms with Crippen molar-refractivity contribution in [3.63, 3.8) is 0 Å². The van der Waals surface area contributed by atoms with Gasteiger partial charge in [0.05, 0.1) is 18.4 Å². The van der Waals surface area contributed by atoms with Crippen molar-refractivity contribution in [2.24, 2.45) is 0 Å². The van der Waals surface area contributed by atoms with E-state index in [1.165, 1.54) is 18.4 Å². The Morgan fingerprint density at radius 3 is 2.00 bits per heavy atom. The van der Waals surface area contributed by atoms with Crippen LogP contribution in [0, 0.1) is 0 Å². The summed E-state index contributed by atoms with van der Waals surface area (Å²) < 4.78 is 4.67. The second-order valence-corrected chi connectivity index (χ2v) is 6.33. The Hall–Kier alpha value is -2.72. The van der Waals surface area contributed by atoms with Crippen LogP contribution in [0.5, 0.6) is 0 Å². The fraction of sp³-hybridized carbons (Fsp3) is 0.100. The first-order chi connectivity index (χ1) is 11.7. The maximum absolute atomic E-state index is 11.3. The number of esters is 1. The van der Waals surface area contributed by atoms with E-state index in [1.54, 1.807) is 0 Å². The van der Waals surface area contributed by atoms with Crippen molar-refractivity contribution in [3.05, 3.63) is 70.4 Å². The predicted molar refractivity (Wildman–Crippen MR) is 96.3 cm³/mol. The van der Waals surface area contributed by atoms with Gasteiger partial charge in [0, 0.05) is 0 Å². The van der Waals surface area contributed by atoms with Gasteiger partial charge in [-0.25, -0.2) is 0 Å². The number of hydrogen-bond donors (Lipinski definition) is 0. The van der Waals surface area contributed by atoms with Gasteiger partial charge in [-0.1, -0.05) is 48.5 Å². The average molecular weight is 336 g/mol. The summed E-state index contributed by atoms with van der Waals surface area (Å²) >= 11 is 1.45. The molecular weight excluding hydrogens is 320 g/mol. The number of methoxy groups -OCH3 is 1. The van der Waals surface area contributed by atoms with Gasteiger partial charge in [-0.3, -0.25) is 9.59 Å². The van der Waals surface area contributed by atoms with Gasteiger partial charge >= 0.3 is 5.97 Å². The molecule has 0 aliphatic carbocycles.